The third-order valence-corrected chi connectivity index (χ3v) is 9.33. The van der Waals surface area contributed by atoms with Crippen molar-refractivity contribution in [1.29, 1.82) is 0 Å². The van der Waals surface area contributed by atoms with E-state index < -0.39 is 21.4 Å². The highest BCUT2D eigenvalue weighted by atomic mass is 35.5. The number of morpholine rings is 1. The lowest BCUT2D eigenvalue weighted by Crippen LogP contribution is -2.41. The van der Waals surface area contributed by atoms with Gasteiger partial charge >= 0.3 is 0 Å². The van der Waals surface area contributed by atoms with Crippen molar-refractivity contribution in [3.63, 3.8) is 0 Å². The number of amides is 1. The van der Waals surface area contributed by atoms with Crippen LogP contribution in [0.4, 0.5) is 4.39 Å². The standard InChI is InChI=1S/C24H29FN4O5S.ClH/c25-20-3-1-2-18-22-19(15-35(31,32)23(18)20)21(24(30)27-8-12-34-13-9-27)26-29(22)17-4-7-28(14-17)16-5-10-33-11-6-16;/h1-3,16-17H,4-15H2;1H. The summed E-state index contributed by atoms with van der Waals surface area (Å²) < 4.78 is 53.8. The first-order chi connectivity index (χ1) is 16.9. The number of carbonyl (C=O) groups excluding carboxylic acids is 1. The van der Waals surface area contributed by atoms with Crippen molar-refractivity contribution in [1.82, 2.24) is 19.6 Å². The molecular weight excluding hydrogens is 511 g/mol. The topological polar surface area (TPSA) is 94.0 Å². The number of aromatic nitrogens is 2. The zero-order valence-corrected chi connectivity index (χ0v) is 21.5. The van der Waals surface area contributed by atoms with Gasteiger partial charge in [0.15, 0.2) is 15.5 Å². The van der Waals surface area contributed by atoms with Crippen LogP contribution >= 0.6 is 12.4 Å². The molecule has 196 valence electrons. The maximum Gasteiger partial charge on any atom is 0.274 e. The number of fused-ring (bicyclic) bond motifs is 3. The third kappa shape index (κ3) is 4.34. The number of hydrogen-bond donors (Lipinski definition) is 0. The molecule has 6 rings (SSSR count). The highest BCUT2D eigenvalue weighted by Gasteiger charge is 2.41. The second-order valence-corrected chi connectivity index (χ2v) is 11.6. The van der Waals surface area contributed by atoms with E-state index in [1.165, 1.54) is 12.1 Å². The molecule has 4 aliphatic rings. The van der Waals surface area contributed by atoms with Crippen LogP contribution in [0.25, 0.3) is 11.3 Å². The van der Waals surface area contributed by atoms with Crippen LogP contribution in [0.15, 0.2) is 23.1 Å². The van der Waals surface area contributed by atoms with Crippen LogP contribution in [0.3, 0.4) is 0 Å². The van der Waals surface area contributed by atoms with E-state index in [1.807, 2.05) is 4.68 Å². The van der Waals surface area contributed by atoms with Gasteiger partial charge in [0.1, 0.15) is 10.7 Å². The summed E-state index contributed by atoms with van der Waals surface area (Å²) in [5.41, 5.74) is 1.39. The molecule has 3 fully saturated rings. The summed E-state index contributed by atoms with van der Waals surface area (Å²) >= 11 is 0. The van der Waals surface area contributed by atoms with E-state index in [9.17, 15) is 17.6 Å². The van der Waals surface area contributed by atoms with E-state index in [2.05, 4.69) is 4.90 Å². The van der Waals surface area contributed by atoms with Gasteiger partial charge < -0.3 is 14.4 Å². The number of hydrogen-bond acceptors (Lipinski definition) is 7. The Bertz CT molecular complexity index is 1260. The third-order valence-electron chi connectivity index (χ3n) is 7.62. The average molecular weight is 541 g/mol. The molecule has 1 aromatic carbocycles. The molecule has 5 heterocycles. The van der Waals surface area contributed by atoms with E-state index in [1.54, 1.807) is 11.0 Å². The lowest BCUT2D eigenvalue weighted by molar-refractivity contribution is 0.0297. The fraction of sp³-hybridized carbons (Fsp3) is 0.583. The van der Waals surface area contributed by atoms with Crippen molar-refractivity contribution in [3.05, 3.63) is 35.3 Å². The molecule has 1 aromatic heterocycles. The number of nitrogens with zero attached hydrogens (tertiary/aromatic N) is 4. The van der Waals surface area contributed by atoms with Gasteiger partial charge in [0, 0.05) is 56.6 Å². The van der Waals surface area contributed by atoms with Gasteiger partial charge in [0.05, 0.1) is 30.7 Å². The molecule has 1 atom stereocenters. The Morgan fingerprint density at radius 1 is 1.00 bits per heavy atom. The smallest absolute Gasteiger partial charge is 0.274 e. The minimum absolute atomic E-state index is 0. The van der Waals surface area contributed by atoms with Gasteiger partial charge in [0.2, 0.25) is 0 Å². The molecule has 9 nitrogen and oxygen atoms in total. The van der Waals surface area contributed by atoms with Gasteiger partial charge in [-0.1, -0.05) is 12.1 Å². The molecule has 1 amide bonds. The van der Waals surface area contributed by atoms with Crippen LogP contribution in [-0.2, 0) is 25.1 Å². The Labute approximate surface area is 215 Å². The molecule has 3 saturated heterocycles. The summed E-state index contributed by atoms with van der Waals surface area (Å²) in [4.78, 5) is 17.3. The van der Waals surface area contributed by atoms with E-state index in [-0.39, 0.29) is 34.9 Å². The van der Waals surface area contributed by atoms with Crippen molar-refractivity contribution >= 4 is 28.2 Å². The number of likely N-dealkylation sites (tertiary alicyclic amines) is 1. The van der Waals surface area contributed by atoms with Crippen LogP contribution in [0.2, 0.25) is 0 Å². The fourth-order valence-electron chi connectivity index (χ4n) is 5.87. The molecule has 0 saturated carbocycles. The number of rotatable bonds is 3. The van der Waals surface area contributed by atoms with Crippen molar-refractivity contribution in [3.8, 4) is 11.3 Å². The largest absolute Gasteiger partial charge is 0.381 e. The van der Waals surface area contributed by atoms with E-state index >= 15 is 0 Å². The molecule has 0 spiro atoms. The average Bonchev–Trinajstić information content (AvgIpc) is 3.49. The van der Waals surface area contributed by atoms with Crippen LogP contribution in [-0.4, -0.2) is 92.6 Å². The Morgan fingerprint density at radius 2 is 1.72 bits per heavy atom. The van der Waals surface area contributed by atoms with Crippen molar-refractivity contribution in [2.24, 2.45) is 0 Å². The molecule has 0 bridgehead atoms. The predicted octanol–water partition coefficient (Wildman–Crippen LogP) is 2.30. The fourth-order valence-corrected chi connectivity index (χ4v) is 7.53. The van der Waals surface area contributed by atoms with Crippen LogP contribution in [0, 0.1) is 5.82 Å². The molecular formula is C24H30ClFN4O5S. The summed E-state index contributed by atoms with van der Waals surface area (Å²) in [5.74, 6) is -1.49. The number of halogens is 2. The minimum atomic E-state index is -3.96. The molecule has 1 unspecified atom stereocenters. The summed E-state index contributed by atoms with van der Waals surface area (Å²) in [6.07, 6.45) is 2.79. The van der Waals surface area contributed by atoms with Gasteiger partial charge in [-0.05, 0) is 25.3 Å². The summed E-state index contributed by atoms with van der Waals surface area (Å²) in [6.45, 7) is 4.88. The Morgan fingerprint density at radius 3 is 2.47 bits per heavy atom. The van der Waals surface area contributed by atoms with E-state index in [0.29, 0.717) is 49.2 Å². The first kappa shape index (κ1) is 25.6. The lowest BCUT2D eigenvalue weighted by atomic mass is 10.0. The molecule has 0 radical (unpaired) electrons. The highest BCUT2D eigenvalue weighted by molar-refractivity contribution is 7.91. The highest BCUT2D eigenvalue weighted by Crippen LogP contribution is 2.43. The molecule has 36 heavy (non-hydrogen) atoms. The van der Waals surface area contributed by atoms with Crippen LogP contribution in [0.1, 0.15) is 41.4 Å². The summed E-state index contributed by atoms with van der Waals surface area (Å²) in [5, 5.41) is 4.77. The maximum atomic E-state index is 14.8. The normalized spacial score (nSPS) is 24.1. The van der Waals surface area contributed by atoms with Crippen LogP contribution < -0.4 is 0 Å². The predicted molar refractivity (Wildman–Crippen MR) is 132 cm³/mol. The molecule has 4 aliphatic heterocycles. The number of sulfone groups is 1. The molecule has 2 aromatic rings. The van der Waals surface area contributed by atoms with Gasteiger partial charge in [-0.3, -0.25) is 14.4 Å². The number of benzene rings is 1. The van der Waals surface area contributed by atoms with E-state index in [0.717, 1.165) is 45.6 Å². The van der Waals surface area contributed by atoms with Crippen molar-refractivity contribution in [2.45, 2.75) is 42.0 Å². The first-order valence-electron chi connectivity index (χ1n) is 12.3. The zero-order chi connectivity index (χ0) is 24.2. The minimum Gasteiger partial charge on any atom is -0.381 e. The second kappa shape index (κ2) is 10.0. The van der Waals surface area contributed by atoms with Gasteiger partial charge in [-0.2, -0.15) is 5.10 Å². The maximum absolute atomic E-state index is 14.8. The SMILES string of the molecule is Cl.O=C(c1nn(C2CCN(C3CCOCC3)C2)c2c1CS(=O)(=O)c1c(F)cccc1-2)N1CCOCC1. The Kier molecular flexibility index (Phi) is 7.12. The number of ether oxygens (including phenoxy) is 2. The van der Waals surface area contributed by atoms with Crippen molar-refractivity contribution < 1.29 is 27.1 Å². The summed E-state index contributed by atoms with van der Waals surface area (Å²) in [6, 6.07) is 4.72. The van der Waals surface area contributed by atoms with Gasteiger partial charge in [0.25, 0.3) is 5.91 Å². The molecule has 12 heteroatoms. The Hall–Kier alpha value is -2.05. The Balaban J connectivity index is 0.00000267. The quantitative estimate of drug-likeness (QED) is 0.589. The first-order valence-corrected chi connectivity index (χ1v) is 13.9. The van der Waals surface area contributed by atoms with Crippen LogP contribution in [0.5, 0.6) is 0 Å². The monoisotopic (exact) mass is 540 g/mol. The van der Waals surface area contributed by atoms with Crippen molar-refractivity contribution in [2.75, 3.05) is 52.6 Å². The summed E-state index contributed by atoms with van der Waals surface area (Å²) in [7, 11) is -3.96. The van der Waals surface area contributed by atoms with E-state index in [4.69, 9.17) is 14.6 Å². The zero-order valence-electron chi connectivity index (χ0n) is 19.9. The molecule has 0 aliphatic carbocycles. The van der Waals surface area contributed by atoms with Gasteiger partial charge in [-0.15, -0.1) is 12.4 Å². The molecule has 0 N–H and O–H groups in total. The second-order valence-electron chi connectivity index (χ2n) is 9.68. The number of carbonyl (C=O) groups is 1. The lowest BCUT2D eigenvalue weighted by Gasteiger charge is -2.31. The van der Waals surface area contributed by atoms with Gasteiger partial charge in [-0.25, -0.2) is 12.8 Å².